The molecule has 0 bridgehead atoms. The Labute approximate surface area is 42.6 Å². The zero-order chi connectivity index (χ0) is 4.99. The topological polar surface area (TPSA) is 26.0 Å². The van der Waals surface area contributed by atoms with Gasteiger partial charge in [0.25, 0.3) is 0 Å². The van der Waals surface area contributed by atoms with Gasteiger partial charge in [-0.2, -0.15) is 0 Å². The first-order chi connectivity index (χ1) is 2.77. The van der Waals surface area contributed by atoms with Gasteiger partial charge in [-0.25, -0.2) is 0 Å². The van der Waals surface area contributed by atoms with Crippen LogP contribution in [0.15, 0.2) is 12.0 Å². The van der Waals surface area contributed by atoms with Gasteiger partial charge in [0, 0.05) is 0 Å². The molecule has 0 amide bonds. The molecule has 0 aliphatic rings. The highest BCUT2D eigenvalue weighted by Crippen LogP contribution is 2.02. The average Bonchev–Trinajstić information content (AvgIpc) is 1.35. The molecule has 0 aromatic carbocycles. The van der Waals surface area contributed by atoms with E-state index in [-0.39, 0.29) is 5.37 Å². The lowest BCUT2D eigenvalue weighted by Gasteiger charge is -1.93. The molecule has 0 spiro atoms. The van der Waals surface area contributed by atoms with E-state index >= 15 is 0 Å². The van der Waals surface area contributed by atoms with Crippen LogP contribution in [0.3, 0.4) is 0 Å². The maximum Gasteiger partial charge on any atom is 0.0519 e. The van der Waals surface area contributed by atoms with E-state index in [0.29, 0.717) is 0 Å². The number of hydrogen-bond acceptors (Lipinski definition) is 2. The Balaban J connectivity index is 2.81. The molecule has 1 atom stereocenters. The maximum atomic E-state index is 5.29. The summed E-state index contributed by atoms with van der Waals surface area (Å²) < 4.78 is 0. The molecule has 36 valence electrons. The molecule has 1 nitrogen and oxygen atoms in total. The predicted octanol–water partition coefficient (Wildman–Crippen LogP) is 1.17. The molecule has 0 aliphatic carbocycles. The Morgan fingerprint density at radius 1 is 2.00 bits per heavy atom. The summed E-state index contributed by atoms with van der Waals surface area (Å²) in [6, 6.07) is 0. The summed E-state index contributed by atoms with van der Waals surface area (Å²) in [6.45, 7) is 5.41. The fourth-order valence-electron chi connectivity index (χ4n) is 0.152. The third kappa shape index (κ3) is 4.05. The maximum absolute atomic E-state index is 5.29. The summed E-state index contributed by atoms with van der Waals surface area (Å²) in [5.41, 5.74) is 5.29. The van der Waals surface area contributed by atoms with Gasteiger partial charge in [0.05, 0.1) is 5.37 Å². The molecule has 0 saturated heterocycles. The molecule has 0 heterocycles. The van der Waals surface area contributed by atoms with Crippen LogP contribution in [0.2, 0.25) is 0 Å². The van der Waals surface area contributed by atoms with E-state index in [4.69, 9.17) is 5.73 Å². The van der Waals surface area contributed by atoms with Crippen molar-refractivity contribution in [1.29, 1.82) is 0 Å². The zero-order valence-corrected chi connectivity index (χ0v) is 4.66. The number of hydrogen-bond donors (Lipinski definition) is 1. The van der Waals surface area contributed by atoms with Gasteiger partial charge in [-0.15, -0.1) is 11.8 Å². The van der Waals surface area contributed by atoms with E-state index in [9.17, 15) is 0 Å². The zero-order valence-electron chi connectivity index (χ0n) is 3.85. The van der Waals surface area contributed by atoms with Crippen LogP contribution in [-0.4, -0.2) is 5.37 Å². The van der Waals surface area contributed by atoms with Crippen molar-refractivity contribution in [3.63, 3.8) is 0 Å². The summed E-state index contributed by atoms with van der Waals surface area (Å²) in [5, 5.41) is 1.94. The van der Waals surface area contributed by atoms with Crippen LogP contribution in [0.5, 0.6) is 0 Å². The van der Waals surface area contributed by atoms with Crippen LogP contribution in [0.25, 0.3) is 0 Å². The lowest BCUT2D eigenvalue weighted by molar-refractivity contribution is 1.05. The number of nitrogens with two attached hydrogens (primary N) is 1. The lowest BCUT2D eigenvalue weighted by atomic mass is 10.8. The molecule has 0 aromatic heterocycles. The highest BCUT2D eigenvalue weighted by molar-refractivity contribution is 8.02. The fourth-order valence-corrected chi connectivity index (χ4v) is 0.455. The van der Waals surface area contributed by atoms with Gasteiger partial charge in [0.15, 0.2) is 0 Å². The Bertz CT molecular complexity index is 42.8. The van der Waals surface area contributed by atoms with Crippen LogP contribution in [0.1, 0.15) is 6.92 Å². The Kier molecular flexibility index (Phi) is 3.28. The second-order valence-corrected chi connectivity index (χ2v) is 2.36. The minimum absolute atomic E-state index is 0.197. The average molecular weight is 103 g/mol. The van der Waals surface area contributed by atoms with E-state index in [1.165, 1.54) is 11.8 Å². The molecule has 2 N–H and O–H groups in total. The van der Waals surface area contributed by atoms with E-state index in [0.717, 1.165) is 0 Å². The molecule has 0 radical (unpaired) electrons. The second-order valence-electron chi connectivity index (χ2n) is 1.01. The minimum Gasteiger partial charge on any atom is -0.319 e. The quantitative estimate of drug-likeness (QED) is 0.531. The van der Waals surface area contributed by atoms with Crippen molar-refractivity contribution in [1.82, 2.24) is 0 Å². The fraction of sp³-hybridized carbons (Fsp3) is 0.500. The molecule has 0 aliphatic heterocycles. The van der Waals surface area contributed by atoms with Gasteiger partial charge in [-0.1, -0.05) is 6.58 Å². The first-order valence-corrected chi connectivity index (χ1v) is 2.73. The van der Waals surface area contributed by atoms with Crippen molar-refractivity contribution in [2.75, 3.05) is 0 Å². The Hall–Kier alpha value is 0.0500. The van der Waals surface area contributed by atoms with Gasteiger partial charge in [-0.3, -0.25) is 0 Å². The van der Waals surface area contributed by atoms with Crippen molar-refractivity contribution in [3.05, 3.63) is 12.0 Å². The largest absolute Gasteiger partial charge is 0.319 e. The van der Waals surface area contributed by atoms with Gasteiger partial charge in [0.1, 0.15) is 0 Å². The van der Waals surface area contributed by atoms with Crippen molar-refractivity contribution in [3.8, 4) is 0 Å². The van der Waals surface area contributed by atoms with Crippen LogP contribution in [0, 0.1) is 0 Å². The van der Waals surface area contributed by atoms with E-state index < -0.39 is 0 Å². The van der Waals surface area contributed by atoms with Crippen molar-refractivity contribution in [2.24, 2.45) is 5.73 Å². The molecule has 1 unspecified atom stereocenters. The summed E-state index contributed by atoms with van der Waals surface area (Å²) in [6.07, 6.45) is 0. The smallest absolute Gasteiger partial charge is 0.0519 e. The second kappa shape index (κ2) is 3.25. The third-order valence-corrected chi connectivity index (χ3v) is 0.933. The van der Waals surface area contributed by atoms with Crippen molar-refractivity contribution in [2.45, 2.75) is 12.3 Å². The normalized spacial score (nSPS) is 13.7. The van der Waals surface area contributed by atoms with Crippen molar-refractivity contribution >= 4 is 11.8 Å². The summed E-state index contributed by atoms with van der Waals surface area (Å²) in [5.74, 6) is 0. The summed E-state index contributed by atoms with van der Waals surface area (Å²) >= 11 is 1.53. The van der Waals surface area contributed by atoms with Gasteiger partial charge < -0.3 is 5.73 Å². The van der Waals surface area contributed by atoms with E-state index in [1.807, 2.05) is 6.92 Å². The molecule has 0 fully saturated rings. The molecular weight excluding hydrogens is 94.1 g/mol. The first kappa shape index (κ1) is 6.05. The minimum atomic E-state index is 0.197. The molecule has 0 saturated carbocycles. The molecule has 0 aromatic rings. The Morgan fingerprint density at radius 2 is 2.50 bits per heavy atom. The van der Waals surface area contributed by atoms with Gasteiger partial charge in [-0.05, 0) is 12.3 Å². The third-order valence-electron chi connectivity index (χ3n) is 0.311. The number of thioether (sulfide) groups is 1. The molecule has 2 heteroatoms. The first-order valence-electron chi connectivity index (χ1n) is 1.79. The molecule has 0 rings (SSSR count). The monoisotopic (exact) mass is 103 g/mol. The van der Waals surface area contributed by atoms with Crippen LogP contribution in [-0.2, 0) is 0 Å². The van der Waals surface area contributed by atoms with Gasteiger partial charge in [0.2, 0.25) is 0 Å². The van der Waals surface area contributed by atoms with E-state index in [1.54, 1.807) is 5.41 Å². The van der Waals surface area contributed by atoms with Crippen molar-refractivity contribution < 1.29 is 0 Å². The van der Waals surface area contributed by atoms with E-state index in [2.05, 4.69) is 6.58 Å². The van der Waals surface area contributed by atoms with Crippen LogP contribution in [0.4, 0.5) is 0 Å². The van der Waals surface area contributed by atoms with Crippen LogP contribution < -0.4 is 5.73 Å². The highest BCUT2D eigenvalue weighted by Gasteiger charge is 1.82. The number of rotatable bonds is 2. The van der Waals surface area contributed by atoms with Crippen LogP contribution >= 0.6 is 11.8 Å². The predicted molar refractivity (Wildman–Crippen MR) is 31.4 cm³/mol. The highest BCUT2D eigenvalue weighted by atomic mass is 32.2. The summed E-state index contributed by atoms with van der Waals surface area (Å²) in [7, 11) is 0. The summed E-state index contributed by atoms with van der Waals surface area (Å²) in [4.78, 5) is 0. The van der Waals surface area contributed by atoms with Gasteiger partial charge >= 0.3 is 0 Å². The Morgan fingerprint density at radius 3 is 2.50 bits per heavy atom. The molecule has 6 heavy (non-hydrogen) atoms. The standard InChI is InChI=1S/C4H9NS/c1-3-6-4(2)5/h3-4H,1,5H2,2H3. The molecular formula is C4H9NS. The SMILES string of the molecule is C=CSC(C)N. The lowest BCUT2D eigenvalue weighted by Crippen LogP contribution is -2.06.